The number of hydrogen-bond donors (Lipinski definition) is 3. The molecule has 10 atom stereocenters. The van der Waals surface area contributed by atoms with Crippen LogP contribution in [0, 0.1) is 5.92 Å². The van der Waals surface area contributed by atoms with Gasteiger partial charge in [0.2, 0.25) is 10.4 Å². The summed E-state index contributed by atoms with van der Waals surface area (Å²) >= 11 is 0. The molecule has 0 aliphatic carbocycles. The van der Waals surface area contributed by atoms with E-state index in [1.54, 1.807) is 0 Å². The highest BCUT2D eigenvalue weighted by Gasteiger charge is 2.52. The van der Waals surface area contributed by atoms with E-state index in [0.29, 0.717) is 0 Å². The Hall–Kier alpha value is -0.650. The fourth-order valence-corrected chi connectivity index (χ4v) is 3.90. The monoisotopic (exact) mass is 495 g/mol. The molecule has 4 unspecified atom stereocenters. The van der Waals surface area contributed by atoms with Gasteiger partial charge >= 0.3 is 0 Å². The summed E-state index contributed by atoms with van der Waals surface area (Å²) in [6.45, 7) is 0.0365. The SMILES string of the molecule is CO[C@@H]1OC(COO[O-])[C@H](O[C@@H]2OC(CO)[C@H](O)[C@H](C)C2OO[O-])[C@H](O)C1OS(=O)(=O)[O-]. The third-order valence-corrected chi connectivity index (χ3v) is 5.45. The van der Waals surface area contributed by atoms with E-state index in [1.807, 2.05) is 0 Å². The minimum atomic E-state index is -5.35. The van der Waals surface area contributed by atoms with Gasteiger partial charge in [0.05, 0.1) is 12.7 Å². The largest absolute Gasteiger partial charge is 0.726 e. The molecule has 190 valence electrons. The Balaban J connectivity index is 2.32. The van der Waals surface area contributed by atoms with E-state index in [9.17, 15) is 38.8 Å². The van der Waals surface area contributed by atoms with Gasteiger partial charge in [-0.15, -0.1) is 0 Å². The van der Waals surface area contributed by atoms with Gasteiger partial charge in [-0.2, -0.15) is 0 Å². The summed E-state index contributed by atoms with van der Waals surface area (Å²) in [6.07, 6.45) is -14.2. The van der Waals surface area contributed by atoms with Crippen LogP contribution < -0.4 is 10.5 Å². The van der Waals surface area contributed by atoms with Gasteiger partial charge in [0, 0.05) is 13.0 Å². The van der Waals surface area contributed by atoms with Crippen molar-refractivity contribution in [1.29, 1.82) is 0 Å². The lowest BCUT2D eigenvalue weighted by molar-refractivity contribution is -0.809. The normalized spacial score (nSPS) is 41.0. The van der Waals surface area contributed by atoms with Crippen molar-refractivity contribution in [2.75, 3.05) is 20.3 Å². The van der Waals surface area contributed by atoms with Gasteiger partial charge in [-0.1, -0.05) is 6.92 Å². The standard InChI is InChI=1S/C14H26O17S/c1-5-8(16)6(3-15)25-14(10(5)28-31-19)27-11-7(4-24-30-18)26-13(23-2)12(9(11)17)29-32(20,21)22/h5-19H,3-4H2,1-2H3,(H,20,21,22)/p-3/t5-,6?,7?,8+,9-,10?,11-,12?,13+,14-/m0/s1. The molecular formula is C14H23O17S-3. The molecule has 0 aromatic rings. The van der Waals surface area contributed by atoms with Crippen molar-refractivity contribution in [2.45, 2.75) is 62.2 Å². The lowest BCUT2D eigenvalue weighted by Crippen LogP contribution is -2.64. The maximum Gasteiger partial charge on any atom is 0.218 e. The molecule has 17 nitrogen and oxygen atoms in total. The van der Waals surface area contributed by atoms with Crippen LogP contribution in [0.5, 0.6) is 0 Å². The fraction of sp³-hybridized carbons (Fsp3) is 1.00. The molecule has 2 fully saturated rings. The summed E-state index contributed by atoms with van der Waals surface area (Å²) in [5.41, 5.74) is 0. The van der Waals surface area contributed by atoms with Gasteiger partial charge in [-0.25, -0.2) is 18.2 Å². The Bertz CT molecular complexity index is 662. The first kappa shape index (κ1) is 27.6. The van der Waals surface area contributed by atoms with Crippen LogP contribution in [0.3, 0.4) is 0 Å². The van der Waals surface area contributed by atoms with Crippen molar-refractivity contribution >= 4 is 10.4 Å². The molecule has 3 N–H and O–H groups in total. The number of hydrogen-bond acceptors (Lipinski definition) is 17. The van der Waals surface area contributed by atoms with Crippen LogP contribution in [0.2, 0.25) is 0 Å². The van der Waals surface area contributed by atoms with Gasteiger partial charge in [0.1, 0.15) is 37.1 Å². The Kier molecular flexibility index (Phi) is 10.5. The molecule has 18 heteroatoms. The predicted molar refractivity (Wildman–Crippen MR) is 85.0 cm³/mol. The van der Waals surface area contributed by atoms with E-state index >= 15 is 0 Å². The van der Waals surface area contributed by atoms with Crippen LogP contribution in [-0.4, -0.2) is 104 Å². The van der Waals surface area contributed by atoms with E-state index in [0.717, 1.165) is 7.11 Å². The van der Waals surface area contributed by atoms with Crippen LogP contribution in [-0.2, 0) is 53.4 Å². The van der Waals surface area contributed by atoms with Gasteiger partial charge in [-0.3, -0.25) is 14.3 Å². The van der Waals surface area contributed by atoms with Crippen molar-refractivity contribution in [3.8, 4) is 0 Å². The maximum absolute atomic E-state index is 11.1. The highest BCUT2D eigenvalue weighted by molar-refractivity contribution is 7.80. The van der Waals surface area contributed by atoms with E-state index in [-0.39, 0.29) is 0 Å². The molecule has 0 aromatic heterocycles. The van der Waals surface area contributed by atoms with E-state index in [4.69, 9.17) is 18.9 Å². The van der Waals surface area contributed by atoms with Crippen molar-refractivity contribution < 1.29 is 81.8 Å². The summed E-state index contributed by atoms with van der Waals surface area (Å²) in [5, 5.41) is 57.7. The van der Waals surface area contributed by atoms with Crippen molar-refractivity contribution in [2.24, 2.45) is 5.92 Å². The third-order valence-electron chi connectivity index (χ3n) is 5.00. The molecule has 0 bridgehead atoms. The number of ether oxygens (including phenoxy) is 4. The highest BCUT2D eigenvalue weighted by atomic mass is 32.3. The molecular weight excluding hydrogens is 472 g/mol. The van der Waals surface area contributed by atoms with Gasteiger partial charge < -0.3 is 49.3 Å². The van der Waals surface area contributed by atoms with Crippen molar-refractivity contribution in [3.63, 3.8) is 0 Å². The Morgan fingerprint density at radius 1 is 0.969 bits per heavy atom. The van der Waals surface area contributed by atoms with Crippen molar-refractivity contribution in [1.82, 2.24) is 0 Å². The highest BCUT2D eigenvalue weighted by Crippen LogP contribution is 2.33. The van der Waals surface area contributed by atoms with Crippen LogP contribution in [0.15, 0.2) is 0 Å². The van der Waals surface area contributed by atoms with Crippen LogP contribution in [0.25, 0.3) is 0 Å². The van der Waals surface area contributed by atoms with E-state index in [2.05, 4.69) is 24.0 Å². The lowest BCUT2D eigenvalue weighted by atomic mass is 9.90. The smallest absolute Gasteiger partial charge is 0.218 e. The quantitative estimate of drug-likeness (QED) is 0.105. The molecule has 0 radical (unpaired) electrons. The summed E-state index contributed by atoms with van der Waals surface area (Å²) < 4.78 is 58.7. The number of aliphatic hydroxyl groups is 3. The Labute approximate surface area is 181 Å². The molecule has 32 heavy (non-hydrogen) atoms. The first-order valence-electron chi connectivity index (χ1n) is 9.04. The first-order valence-corrected chi connectivity index (χ1v) is 10.4. The first-order chi connectivity index (χ1) is 15.1. The zero-order valence-corrected chi connectivity index (χ0v) is 17.5. The minimum absolute atomic E-state index is 0.678. The van der Waals surface area contributed by atoms with Crippen LogP contribution in [0.1, 0.15) is 6.92 Å². The molecule has 2 aliphatic rings. The molecule has 2 saturated heterocycles. The van der Waals surface area contributed by atoms with Crippen molar-refractivity contribution in [3.05, 3.63) is 0 Å². The second-order valence-corrected chi connectivity index (χ2v) is 7.90. The van der Waals surface area contributed by atoms with Gasteiger partial charge in [0.25, 0.3) is 0 Å². The van der Waals surface area contributed by atoms with Crippen LogP contribution >= 0.6 is 0 Å². The topological polar surface area (TPSA) is 247 Å². The van der Waals surface area contributed by atoms with Crippen LogP contribution in [0.4, 0.5) is 0 Å². The average Bonchev–Trinajstić information content (AvgIpc) is 2.74. The molecule has 0 saturated carbocycles. The Morgan fingerprint density at radius 2 is 1.62 bits per heavy atom. The summed E-state index contributed by atoms with van der Waals surface area (Å²) in [4.78, 5) is 8.79. The second-order valence-electron chi connectivity index (χ2n) is 6.90. The fourth-order valence-electron chi connectivity index (χ4n) is 3.42. The Morgan fingerprint density at radius 3 is 2.16 bits per heavy atom. The third kappa shape index (κ3) is 6.70. The zero-order chi connectivity index (χ0) is 24.1. The number of methoxy groups -OCH3 is 1. The molecule has 0 spiro atoms. The van der Waals surface area contributed by atoms with E-state index < -0.39 is 84.8 Å². The molecule has 2 rings (SSSR count). The molecule has 0 amide bonds. The summed E-state index contributed by atoms with van der Waals surface area (Å²) in [5.74, 6) is -0.915. The number of aliphatic hydroxyl groups excluding tert-OH is 3. The number of rotatable bonds is 11. The van der Waals surface area contributed by atoms with E-state index in [1.165, 1.54) is 6.92 Å². The van der Waals surface area contributed by atoms with Gasteiger partial charge in [-0.05, 0) is 0 Å². The zero-order valence-electron chi connectivity index (χ0n) is 16.7. The molecule has 2 heterocycles. The predicted octanol–water partition coefficient (Wildman–Crippen LogP) is -5.52. The maximum atomic E-state index is 11.1. The summed E-state index contributed by atoms with van der Waals surface area (Å²) in [7, 11) is -4.31. The second kappa shape index (κ2) is 12.2. The summed E-state index contributed by atoms with van der Waals surface area (Å²) in [6, 6.07) is 0. The lowest BCUT2D eigenvalue weighted by Gasteiger charge is -2.47. The van der Waals surface area contributed by atoms with Gasteiger partial charge in [0.15, 0.2) is 18.7 Å². The molecule has 2 aliphatic heterocycles. The average molecular weight is 495 g/mol. The molecule has 0 aromatic carbocycles. The minimum Gasteiger partial charge on any atom is -0.726 e.